The summed E-state index contributed by atoms with van der Waals surface area (Å²) < 4.78 is 0. The fourth-order valence-corrected chi connectivity index (χ4v) is 2.78. The molecule has 0 aromatic heterocycles. The third kappa shape index (κ3) is 2.33. The second kappa shape index (κ2) is 4.66. The van der Waals surface area contributed by atoms with Crippen molar-refractivity contribution in [1.82, 2.24) is 5.32 Å². The highest BCUT2D eigenvalue weighted by atomic mass is 16.2. The Labute approximate surface area is 111 Å². The van der Waals surface area contributed by atoms with Crippen LogP contribution in [0.2, 0.25) is 0 Å². The number of nitrogens with two attached hydrogens (primary N) is 1. The van der Waals surface area contributed by atoms with E-state index < -0.39 is 0 Å². The molecule has 2 unspecified atom stereocenters. The summed E-state index contributed by atoms with van der Waals surface area (Å²) in [6, 6.07) is 5.44. The van der Waals surface area contributed by atoms with Gasteiger partial charge in [-0.2, -0.15) is 0 Å². The Morgan fingerprint density at radius 1 is 1.37 bits per heavy atom. The van der Waals surface area contributed by atoms with Gasteiger partial charge in [0.15, 0.2) is 0 Å². The summed E-state index contributed by atoms with van der Waals surface area (Å²) in [6.45, 7) is 0. The van der Waals surface area contributed by atoms with Gasteiger partial charge in [-0.25, -0.2) is 0 Å². The lowest BCUT2D eigenvalue weighted by Crippen LogP contribution is -2.43. The molecule has 0 saturated heterocycles. The number of amides is 2. The van der Waals surface area contributed by atoms with E-state index in [0.29, 0.717) is 12.0 Å². The van der Waals surface area contributed by atoms with Gasteiger partial charge < -0.3 is 16.4 Å². The number of carbonyl (C=O) groups is 2. The van der Waals surface area contributed by atoms with Gasteiger partial charge in [-0.05, 0) is 37.0 Å². The van der Waals surface area contributed by atoms with Gasteiger partial charge in [0.25, 0.3) is 5.91 Å². The number of hydrogen-bond acceptors (Lipinski definition) is 3. The molecule has 1 aliphatic carbocycles. The topological polar surface area (TPSA) is 84.2 Å². The lowest BCUT2D eigenvalue weighted by atomic mass is 10.1. The Morgan fingerprint density at radius 2 is 2.21 bits per heavy atom. The lowest BCUT2D eigenvalue weighted by molar-refractivity contribution is -0.115. The van der Waals surface area contributed by atoms with Gasteiger partial charge in [-0.3, -0.25) is 9.59 Å². The van der Waals surface area contributed by atoms with Gasteiger partial charge in [0, 0.05) is 23.3 Å². The van der Waals surface area contributed by atoms with Crippen LogP contribution in [-0.2, 0) is 11.2 Å². The van der Waals surface area contributed by atoms with Gasteiger partial charge in [0.05, 0.1) is 6.42 Å². The van der Waals surface area contributed by atoms with Crippen molar-refractivity contribution in [3.63, 3.8) is 0 Å². The van der Waals surface area contributed by atoms with Crippen LogP contribution in [-0.4, -0.2) is 23.9 Å². The molecule has 1 fully saturated rings. The van der Waals surface area contributed by atoms with Crippen LogP contribution in [0.5, 0.6) is 0 Å². The minimum Gasteiger partial charge on any atom is -0.348 e. The van der Waals surface area contributed by atoms with Crippen LogP contribution in [0, 0.1) is 0 Å². The molecular formula is C14H17N3O2. The van der Waals surface area contributed by atoms with Crippen molar-refractivity contribution in [2.45, 2.75) is 37.8 Å². The highest BCUT2D eigenvalue weighted by Crippen LogP contribution is 2.24. The summed E-state index contributed by atoms with van der Waals surface area (Å²) in [6.07, 6.45) is 3.36. The van der Waals surface area contributed by atoms with Crippen molar-refractivity contribution < 1.29 is 9.59 Å². The lowest BCUT2D eigenvalue weighted by Gasteiger charge is -2.17. The quantitative estimate of drug-likeness (QED) is 0.734. The average molecular weight is 259 g/mol. The van der Waals surface area contributed by atoms with E-state index in [4.69, 9.17) is 5.73 Å². The van der Waals surface area contributed by atoms with E-state index in [1.807, 2.05) is 6.07 Å². The Hall–Kier alpha value is -1.88. The molecule has 5 heteroatoms. The van der Waals surface area contributed by atoms with Crippen LogP contribution < -0.4 is 16.4 Å². The van der Waals surface area contributed by atoms with Gasteiger partial charge in [-0.15, -0.1) is 0 Å². The van der Waals surface area contributed by atoms with Crippen LogP contribution >= 0.6 is 0 Å². The molecule has 2 aliphatic rings. The van der Waals surface area contributed by atoms with Crippen molar-refractivity contribution >= 4 is 17.5 Å². The van der Waals surface area contributed by atoms with Crippen molar-refractivity contribution in [2.75, 3.05) is 5.32 Å². The smallest absolute Gasteiger partial charge is 0.251 e. The van der Waals surface area contributed by atoms with Crippen LogP contribution in [0.1, 0.15) is 35.2 Å². The maximum absolute atomic E-state index is 12.1. The molecule has 1 heterocycles. The van der Waals surface area contributed by atoms with Crippen LogP contribution in [0.4, 0.5) is 5.69 Å². The minimum atomic E-state index is -0.119. The summed E-state index contributed by atoms with van der Waals surface area (Å²) in [7, 11) is 0. The SMILES string of the molecule is NC1CCCC1NC(=O)c1ccc2c(c1)NC(=O)C2. The number of benzene rings is 1. The van der Waals surface area contributed by atoms with Crippen molar-refractivity contribution in [3.8, 4) is 0 Å². The second-order valence-corrected chi connectivity index (χ2v) is 5.27. The third-order valence-corrected chi connectivity index (χ3v) is 3.88. The Morgan fingerprint density at radius 3 is 2.95 bits per heavy atom. The van der Waals surface area contributed by atoms with E-state index in [0.717, 1.165) is 30.5 Å². The standard InChI is InChI=1S/C14H17N3O2/c15-10-2-1-3-11(10)17-14(19)9-5-4-8-7-13(18)16-12(8)6-9/h4-6,10-11H,1-3,7,15H2,(H,16,18)(H,17,19). The van der Waals surface area contributed by atoms with E-state index in [1.54, 1.807) is 12.1 Å². The van der Waals surface area contributed by atoms with Crippen LogP contribution in [0.25, 0.3) is 0 Å². The summed E-state index contributed by atoms with van der Waals surface area (Å²) in [4.78, 5) is 23.4. The molecule has 0 spiro atoms. The first-order chi connectivity index (χ1) is 9.13. The predicted molar refractivity (Wildman–Crippen MR) is 71.9 cm³/mol. The monoisotopic (exact) mass is 259 g/mol. The number of carbonyl (C=O) groups excluding carboxylic acids is 2. The first-order valence-electron chi connectivity index (χ1n) is 6.63. The number of nitrogens with one attached hydrogen (secondary N) is 2. The number of hydrogen-bond donors (Lipinski definition) is 3. The van der Waals surface area contributed by atoms with Gasteiger partial charge in [0.2, 0.25) is 5.91 Å². The molecule has 4 N–H and O–H groups in total. The van der Waals surface area contributed by atoms with E-state index in [2.05, 4.69) is 10.6 Å². The largest absolute Gasteiger partial charge is 0.348 e. The summed E-state index contributed by atoms with van der Waals surface area (Å²) in [5.74, 6) is -0.142. The molecule has 0 radical (unpaired) electrons. The Bertz CT molecular complexity index is 541. The Kier molecular flexibility index (Phi) is 2.98. The zero-order chi connectivity index (χ0) is 13.4. The molecule has 1 saturated carbocycles. The normalized spacial score (nSPS) is 25.0. The van der Waals surface area contributed by atoms with Gasteiger partial charge in [-0.1, -0.05) is 6.07 Å². The summed E-state index contributed by atoms with van der Waals surface area (Å²) in [5.41, 5.74) is 8.20. The van der Waals surface area contributed by atoms with Crippen molar-refractivity contribution in [2.24, 2.45) is 5.73 Å². The molecule has 19 heavy (non-hydrogen) atoms. The maximum Gasteiger partial charge on any atom is 0.251 e. The van der Waals surface area contributed by atoms with E-state index in [-0.39, 0.29) is 23.9 Å². The molecule has 5 nitrogen and oxygen atoms in total. The van der Waals surface area contributed by atoms with Crippen LogP contribution in [0.3, 0.4) is 0 Å². The maximum atomic E-state index is 12.1. The van der Waals surface area contributed by atoms with Crippen molar-refractivity contribution in [3.05, 3.63) is 29.3 Å². The first kappa shape index (κ1) is 12.2. The van der Waals surface area contributed by atoms with Crippen molar-refractivity contribution in [1.29, 1.82) is 0 Å². The summed E-state index contributed by atoms with van der Waals surface area (Å²) in [5, 5.41) is 5.72. The van der Waals surface area contributed by atoms with Gasteiger partial charge in [0.1, 0.15) is 0 Å². The first-order valence-corrected chi connectivity index (χ1v) is 6.63. The molecule has 1 aliphatic heterocycles. The molecule has 1 aromatic carbocycles. The number of fused-ring (bicyclic) bond motifs is 1. The predicted octanol–water partition coefficient (Wildman–Crippen LogP) is 0.791. The average Bonchev–Trinajstić information content (AvgIpc) is 2.93. The summed E-state index contributed by atoms with van der Waals surface area (Å²) >= 11 is 0. The fourth-order valence-electron chi connectivity index (χ4n) is 2.78. The zero-order valence-electron chi connectivity index (χ0n) is 10.6. The second-order valence-electron chi connectivity index (χ2n) is 5.27. The molecule has 0 bridgehead atoms. The molecule has 1 aromatic rings. The van der Waals surface area contributed by atoms with Gasteiger partial charge >= 0.3 is 0 Å². The molecule has 2 atom stereocenters. The molecular weight excluding hydrogens is 242 g/mol. The van der Waals surface area contributed by atoms with E-state index >= 15 is 0 Å². The fraction of sp³-hybridized carbons (Fsp3) is 0.429. The number of rotatable bonds is 2. The number of anilines is 1. The molecule has 2 amide bonds. The minimum absolute atomic E-state index is 0.0228. The third-order valence-electron chi connectivity index (χ3n) is 3.88. The zero-order valence-corrected chi connectivity index (χ0v) is 10.6. The molecule has 3 rings (SSSR count). The molecule has 100 valence electrons. The highest BCUT2D eigenvalue weighted by molar-refractivity contribution is 6.02. The highest BCUT2D eigenvalue weighted by Gasteiger charge is 2.26. The van der Waals surface area contributed by atoms with E-state index in [1.165, 1.54) is 0 Å². The van der Waals surface area contributed by atoms with E-state index in [9.17, 15) is 9.59 Å². The van der Waals surface area contributed by atoms with Crippen LogP contribution in [0.15, 0.2) is 18.2 Å². The Balaban J connectivity index is 1.74.